The Morgan fingerprint density at radius 2 is 2.00 bits per heavy atom. The Labute approximate surface area is 123 Å². The Bertz CT molecular complexity index is 554. The Morgan fingerprint density at radius 1 is 1.29 bits per heavy atom. The Morgan fingerprint density at radius 3 is 2.67 bits per heavy atom. The van der Waals surface area contributed by atoms with Crippen LogP contribution in [0.15, 0.2) is 41.6 Å². The van der Waals surface area contributed by atoms with Crippen molar-refractivity contribution < 1.29 is 19.1 Å². The number of benzene rings is 1. The van der Waals surface area contributed by atoms with E-state index in [-0.39, 0.29) is 13.2 Å². The van der Waals surface area contributed by atoms with E-state index in [2.05, 4.69) is 4.74 Å². The number of amides is 1. The van der Waals surface area contributed by atoms with Crippen LogP contribution in [-0.2, 0) is 20.9 Å². The molecule has 2 N–H and O–H groups in total. The molecule has 0 spiro atoms. The minimum absolute atomic E-state index is 0.117. The van der Waals surface area contributed by atoms with Gasteiger partial charge in [0, 0.05) is 18.7 Å². The molecule has 0 fully saturated rings. The molecule has 1 heterocycles. The predicted molar refractivity (Wildman–Crippen MR) is 76.0 cm³/mol. The molecule has 0 radical (unpaired) electrons. The highest BCUT2D eigenvalue weighted by Crippen LogP contribution is 2.16. The molecule has 112 valence electrons. The maximum atomic E-state index is 12.0. The summed E-state index contributed by atoms with van der Waals surface area (Å²) in [5.74, 6) is -0.506. The normalized spacial score (nSPS) is 14.8. The maximum Gasteiger partial charge on any atom is 0.410 e. The highest BCUT2D eigenvalue weighted by molar-refractivity contribution is 5.90. The second-order valence-corrected chi connectivity index (χ2v) is 4.71. The van der Waals surface area contributed by atoms with Gasteiger partial charge >= 0.3 is 12.1 Å². The summed E-state index contributed by atoms with van der Waals surface area (Å²) in [6.45, 7) is 0.745. The molecule has 0 bridgehead atoms. The summed E-state index contributed by atoms with van der Waals surface area (Å²) in [6, 6.07) is 9.40. The SMILES string of the molecule is COC(=O)C1=C(N)CCN(C(=O)OCc2ccccc2)C1. The number of esters is 1. The lowest BCUT2D eigenvalue weighted by molar-refractivity contribution is -0.136. The van der Waals surface area contributed by atoms with E-state index in [4.69, 9.17) is 10.5 Å². The number of carbonyl (C=O) groups excluding carboxylic acids is 2. The maximum absolute atomic E-state index is 12.0. The highest BCUT2D eigenvalue weighted by atomic mass is 16.6. The van der Waals surface area contributed by atoms with Gasteiger partial charge < -0.3 is 20.1 Å². The van der Waals surface area contributed by atoms with Crippen LogP contribution in [0.2, 0.25) is 0 Å². The van der Waals surface area contributed by atoms with Gasteiger partial charge in [0.15, 0.2) is 0 Å². The van der Waals surface area contributed by atoms with Gasteiger partial charge in [-0.3, -0.25) is 0 Å². The Balaban J connectivity index is 1.93. The van der Waals surface area contributed by atoms with Crippen molar-refractivity contribution in [2.75, 3.05) is 20.2 Å². The molecular formula is C15H18N2O4. The van der Waals surface area contributed by atoms with E-state index in [1.54, 1.807) is 0 Å². The minimum atomic E-state index is -0.506. The molecule has 0 aliphatic carbocycles. The van der Waals surface area contributed by atoms with Crippen molar-refractivity contribution in [1.82, 2.24) is 4.90 Å². The van der Waals surface area contributed by atoms with Gasteiger partial charge in [-0.05, 0) is 5.56 Å². The summed E-state index contributed by atoms with van der Waals surface area (Å²) >= 11 is 0. The van der Waals surface area contributed by atoms with Gasteiger partial charge in [-0.1, -0.05) is 30.3 Å². The van der Waals surface area contributed by atoms with Crippen LogP contribution >= 0.6 is 0 Å². The van der Waals surface area contributed by atoms with E-state index in [1.807, 2.05) is 30.3 Å². The largest absolute Gasteiger partial charge is 0.466 e. The quantitative estimate of drug-likeness (QED) is 0.851. The van der Waals surface area contributed by atoms with E-state index in [0.717, 1.165) is 5.56 Å². The molecule has 0 aromatic heterocycles. The predicted octanol–water partition coefficient (Wildman–Crippen LogP) is 1.41. The average Bonchev–Trinajstić information content (AvgIpc) is 2.53. The summed E-state index contributed by atoms with van der Waals surface area (Å²) in [4.78, 5) is 25.1. The monoisotopic (exact) mass is 290 g/mol. The van der Waals surface area contributed by atoms with Gasteiger partial charge in [0.1, 0.15) is 6.61 Å². The van der Waals surface area contributed by atoms with Crippen LogP contribution in [0.3, 0.4) is 0 Å². The van der Waals surface area contributed by atoms with Crippen LogP contribution in [0.4, 0.5) is 4.79 Å². The molecule has 6 nitrogen and oxygen atoms in total. The molecule has 0 atom stereocenters. The standard InChI is InChI=1S/C15H18N2O4/c1-20-14(18)12-9-17(8-7-13(12)16)15(19)21-10-11-5-3-2-4-6-11/h2-6H,7-10,16H2,1H3. The number of carbonyl (C=O) groups is 2. The number of hydrogen-bond acceptors (Lipinski definition) is 5. The van der Waals surface area contributed by atoms with Gasteiger partial charge in [0.05, 0.1) is 19.2 Å². The zero-order chi connectivity index (χ0) is 15.2. The molecule has 21 heavy (non-hydrogen) atoms. The number of nitrogens with zero attached hydrogens (tertiary/aromatic N) is 1. The zero-order valence-corrected chi connectivity index (χ0v) is 11.9. The van der Waals surface area contributed by atoms with E-state index in [0.29, 0.717) is 24.2 Å². The fourth-order valence-electron chi connectivity index (χ4n) is 2.06. The van der Waals surface area contributed by atoms with Crippen LogP contribution in [0.5, 0.6) is 0 Å². The number of hydrogen-bond donors (Lipinski definition) is 1. The lowest BCUT2D eigenvalue weighted by Crippen LogP contribution is -2.40. The summed E-state index contributed by atoms with van der Waals surface area (Å²) < 4.78 is 9.90. The molecule has 0 unspecified atom stereocenters. The fourth-order valence-corrected chi connectivity index (χ4v) is 2.06. The first-order chi connectivity index (χ1) is 10.1. The summed E-state index contributed by atoms with van der Waals surface area (Å²) in [6.07, 6.45) is -0.0297. The van der Waals surface area contributed by atoms with Gasteiger partial charge in [-0.15, -0.1) is 0 Å². The van der Waals surface area contributed by atoms with Crippen LogP contribution in [0, 0.1) is 0 Å². The third-order valence-electron chi connectivity index (χ3n) is 3.28. The van der Waals surface area contributed by atoms with Crippen molar-refractivity contribution >= 4 is 12.1 Å². The highest BCUT2D eigenvalue weighted by Gasteiger charge is 2.27. The molecular weight excluding hydrogens is 272 g/mol. The Hall–Kier alpha value is -2.50. The van der Waals surface area contributed by atoms with Crippen LogP contribution in [0.25, 0.3) is 0 Å². The molecule has 2 rings (SSSR count). The summed E-state index contributed by atoms with van der Waals surface area (Å²) in [5, 5.41) is 0. The topological polar surface area (TPSA) is 81.9 Å². The van der Waals surface area contributed by atoms with Gasteiger partial charge in [0.2, 0.25) is 0 Å². The van der Waals surface area contributed by atoms with Crippen molar-refractivity contribution in [2.45, 2.75) is 13.0 Å². The lowest BCUT2D eigenvalue weighted by atomic mass is 10.1. The van der Waals surface area contributed by atoms with Crippen molar-refractivity contribution in [3.8, 4) is 0 Å². The average molecular weight is 290 g/mol. The molecule has 0 saturated heterocycles. The van der Waals surface area contributed by atoms with Crippen molar-refractivity contribution in [2.24, 2.45) is 5.73 Å². The molecule has 6 heteroatoms. The zero-order valence-electron chi connectivity index (χ0n) is 11.9. The van der Waals surface area contributed by atoms with Crippen LogP contribution in [0.1, 0.15) is 12.0 Å². The summed E-state index contributed by atoms with van der Waals surface area (Å²) in [7, 11) is 1.29. The molecule has 1 aliphatic rings. The second-order valence-electron chi connectivity index (χ2n) is 4.71. The summed E-state index contributed by atoms with van der Waals surface area (Å²) in [5.41, 5.74) is 7.48. The minimum Gasteiger partial charge on any atom is -0.466 e. The van der Waals surface area contributed by atoms with E-state index < -0.39 is 12.1 Å². The Kier molecular flexibility index (Phi) is 4.81. The first kappa shape index (κ1) is 14.9. The van der Waals surface area contributed by atoms with Crippen LogP contribution < -0.4 is 5.73 Å². The first-order valence-electron chi connectivity index (χ1n) is 6.63. The molecule has 1 aromatic carbocycles. The van der Waals surface area contributed by atoms with Crippen molar-refractivity contribution in [1.29, 1.82) is 0 Å². The second kappa shape index (κ2) is 6.78. The van der Waals surface area contributed by atoms with Crippen molar-refractivity contribution in [3.05, 3.63) is 47.2 Å². The number of rotatable bonds is 3. The number of nitrogens with two attached hydrogens (primary N) is 1. The fraction of sp³-hybridized carbons (Fsp3) is 0.333. The van der Waals surface area contributed by atoms with Gasteiger partial charge in [-0.25, -0.2) is 9.59 Å². The first-order valence-corrected chi connectivity index (χ1v) is 6.63. The lowest BCUT2D eigenvalue weighted by Gasteiger charge is -2.27. The van der Waals surface area contributed by atoms with Gasteiger partial charge in [0.25, 0.3) is 0 Å². The molecule has 1 aromatic rings. The van der Waals surface area contributed by atoms with Crippen LogP contribution in [-0.4, -0.2) is 37.2 Å². The van der Waals surface area contributed by atoms with E-state index in [9.17, 15) is 9.59 Å². The molecule has 0 saturated carbocycles. The number of ether oxygens (including phenoxy) is 2. The third kappa shape index (κ3) is 3.75. The molecule has 1 aliphatic heterocycles. The molecule has 1 amide bonds. The number of methoxy groups -OCH3 is 1. The smallest absolute Gasteiger partial charge is 0.410 e. The van der Waals surface area contributed by atoms with E-state index in [1.165, 1.54) is 12.0 Å². The van der Waals surface area contributed by atoms with Gasteiger partial charge in [-0.2, -0.15) is 0 Å². The third-order valence-corrected chi connectivity index (χ3v) is 3.28. The van der Waals surface area contributed by atoms with E-state index >= 15 is 0 Å². The van der Waals surface area contributed by atoms with Crippen molar-refractivity contribution in [3.63, 3.8) is 0 Å².